The average molecular weight is 222 g/mol. The molecule has 0 amide bonds. The molecule has 2 aliphatic carbocycles. The quantitative estimate of drug-likeness (QED) is 0.640. The Balaban J connectivity index is 2.40. The fraction of sp³-hybridized carbons (Fsp3) is 0.786. The zero-order chi connectivity index (χ0) is 12.1. The van der Waals surface area contributed by atoms with E-state index in [0.29, 0.717) is 12.3 Å². The van der Waals surface area contributed by atoms with E-state index in [2.05, 4.69) is 27.4 Å². The molecule has 0 bridgehead atoms. The monoisotopic (exact) mass is 222 g/mol. The Hall–Kier alpha value is -0.630. The second-order valence-corrected chi connectivity index (χ2v) is 6.29. The number of allylic oxidation sites excluding steroid dienone is 1. The SMILES string of the molecule is C=C1C(=O)CCC2C1(C)CCC(O)C2(C)C. The smallest absolute Gasteiger partial charge is 0.158 e. The van der Waals surface area contributed by atoms with Crippen LogP contribution in [0, 0.1) is 16.7 Å². The van der Waals surface area contributed by atoms with Gasteiger partial charge in [-0.05, 0) is 41.6 Å². The lowest BCUT2D eigenvalue weighted by Gasteiger charge is -2.55. The lowest BCUT2D eigenvalue weighted by molar-refractivity contribution is -0.129. The molecule has 0 aromatic heterocycles. The third-order valence-electron chi connectivity index (χ3n) is 5.15. The van der Waals surface area contributed by atoms with E-state index in [-0.39, 0.29) is 22.7 Å². The molecule has 0 saturated heterocycles. The molecule has 0 heterocycles. The maximum Gasteiger partial charge on any atom is 0.158 e. The molecule has 2 aliphatic rings. The second kappa shape index (κ2) is 3.43. The van der Waals surface area contributed by atoms with Gasteiger partial charge in [0.05, 0.1) is 6.10 Å². The molecule has 3 unspecified atom stereocenters. The van der Waals surface area contributed by atoms with Gasteiger partial charge in [0, 0.05) is 6.42 Å². The third-order valence-corrected chi connectivity index (χ3v) is 5.15. The summed E-state index contributed by atoms with van der Waals surface area (Å²) in [4.78, 5) is 11.8. The first kappa shape index (κ1) is 11.8. The minimum atomic E-state index is -0.244. The average Bonchev–Trinajstić information content (AvgIpc) is 2.21. The summed E-state index contributed by atoms with van der Waals surface area (Å²) in [6.07, 6.45) is 2.94. The van der Waals surface area contributed by atoms with Crippen LogP contribution in [0.2, 0.25) is 0 Å². The Kier molecular flexibility index (Phi) is 2.54. The highest BCUT2D eigenvalue weighted by molar-refractivity contribution is 5.97. The summed E-state index contributed by atoms with van der Waals surface area (Å²) in [6.45, 7) is 10.4. The van der Waals surface area contributed by atoms with E-state index in [1.807, 2.05) is 0 Å². The molecule has 90 valence electrons. The molecule has 2 nitrogen and oxygen atoms in total. The second-order valence-electron chi connectivity index (χ2n) is 6.29. The number of Topliss-reactive ketones (excluding diaryl/α,β-unsaturated/α-hetero) is 1. The lowest BCUT2D eigenvalue weighted by Crippen LogP contribution is -2.53. The maximum absolute atomic E-state index is 11.8. The number of aliphatic hydroxyl groups excluding tert-OH is 1. The Morgan fingerprint density at radius 1 is 1.31 bits per heavy atom. The minimum absolute atomic E-state index is 0.0853. The maximum atomic E-state index is 11.8. The van der Waals surface area contributed by atoms with Gasteiger partial charge in [0.15, 0.2) is 5.78 Å². The highest BCUT2D eigenvalue weighted by atomic mass is 16.3. The van der Waals surface area contributed by atoms with Crippen molar-refractivity contribution in [2.24, 2.45) is 16.7 Å². The van der Waals surface area contributed by atoms with E-state index < -0.39 is 0 Å². The number of hydrogen-bond donors (Lipinski definition) is 1. The van der Waals surface area contributed by atoms with E-state index in [9.17, 15) is 9.90 Å². The molecule has 0 aliphatic heterocycles. The summed E-state index contributed by atoms with van der Waals surface area (Å²) in [5.41, 5.74) is 0.609. The Morgan fingerprint density at radius 2 is 1.94 bits per heavy atom. The number of carbonyl (C=O) groups is 1. The molecule has 0 radical (unpaired) electrons. The number of rotatable bonds is 0. The molecule has 2 rings (SSSR count). The van der Waals surface area contributed by atoms with Gasteiger partial charge in [-0.15, -0.1) is 0 Å². The molecule has 0 aromatic rings. The number of fused-ring (bicyclic) bond motifs is 1. The summed E-state index contributed by atoms with van der Waals surface area (Å²) >= 11 is 0. The van der Waals surface area contributed by atoms with Crippen LogP contribution in [0.3, 0.4) is 0 Å². The van der Waals surface area contributed by atoms with Gasteiger partial charge in [-0.2, -0.15) is 0 Å². The van der Waals surface area contributed by atoms with Gasteiger partial charge in [0.25, 0.3) is 0 Å². The molecule has 3 atom stereocenters. The van der Waals surface area contributed by atoms with Crippen LogP contribution in [0.15, 0.2) is 12.2 Å². The van der Waals surface area contributed by atoms with Crippen molar-refractivity contribution >= 4 is 5.78 Å². The topological polar surface area (TPSA) is 37.3 Å². The van der Waals surface area contributed by atoms with Crippen LogP contribution in [-0.2, 0) is 4.79 Å². The van der Waals surface area contributed by atoms with Crippen LogP contribution in [0.5, 0.6) is 0 Å². The van der Waals surface area contributed by atoms with Gasteiger partial charge in [-0.1, -0.05) is 27.4 Å². The van der Waals surface area contributed by atoms with Crippen LogP contribution < -0.4 is 0 Å². The van der Waals surface area contributed by atoms with Crippen molar-refractivity contribution < 1.29 is 9.90 Å². The summed E-state index contributed by atoms with van der Waals surface area (Å²) < 4.78 is 0. The molecule has 2 heteroatoms. The summed E-state index contributed by atoms with van der Waals surface area (Å²) in [5.74, 6) is 0.611. The van der Waals surface area contributed by atoms with Crippen LogP contribution in [0.1, 0.15) is 46.5 Å². The lowest BCUT2D eigenvalue weighted by atomic mass is 9.49. The van der Waals surface area contributed by atoms with E-state index in [1.165, 1.54) is 0 Å². The fourth-order valence-electron chi connectivity index (χ4n) is 3.83. The fourth-order valence-corrected chi connectivity index (χ4v) is 3.83. The molecule has 2 fully saturated rings. The van der Waals surface area contributed by atoms with Crippen molar-refractivity contribution in [3.63, 3.8) is 0 Å². The highest BCUT2D eigenvalue weighted by Gasteiger charge is 2.54. The zero-order valence-electron chi connectivity index (χ0n) is 10.5. The van der Waals surface area contributed by atoms with Crippen molar-refractivity contribution in [1.82, 2.24) is 0 Å². The largest absolute Gasteiger partial charge is 0.393 e. The van der Waals surface area contributed by atoms with Crippen molar-refractivity contribution in [1.29, 1.82) is 0 Å². The Labute approximate surface area is 97.7 Å². The number of hydrogen-bond acceptors (Lipinski definition) is 2. The highest BCUT2D eigenvalue weighted by Crippen LogP contribution is 2.58. The number of aliphatic hydroxyl groups is 1. The molecule has 0 spiro atoms. The van der Waals surface area contributed by atoms with E-state index in [1.54, 1.807) is 0 Å². The van der Waals surface area contributed by atoms with Gasteiger partial charge in [-0.3, -0.25) is 4.79 Å². The number of carbonyl (C=O) groups excluding carboxylic acids is 1. The predicted octanol–water partition coefficient (Wildman–Crippen LogP) is 2.71. The van der Waals surface area contributed by atoms with Gasteiger partial charge >= 0.3 is 0 Å². The first-order valence-corrected chi connectivity index (χ1v) is 6.21. The normalized spacial score (nSPS) is 43.0. The third kappa shape index (κ3) is 1.39. The van der Waals surface area contributed by atoms with Gasteiger partial charge < -0.3 is 5.11 Å². The molecule has 2 saturated carbocycles. The molecule has 1 N–H and O–H groups in total. The number of ketones is 1. The predicted molar refractivity (Wildman–Crippen MR) is 64.0 cm³/mol. The first-order valence-electron chi connectivity index (χ1n) is 6.21. The Bertz CT molecular complexity index is 343. The van der Waals surface area contributed by atoms with E-state index >= 15 is 0 Å². The van der Waals surface area contributed by atoms with E-state index in [0.717, 1.165) is 24.8 Å². The van der Waals surface area contributed by atoms with Crippen molar-refractivity contribution in [2.75, 3.05) is 0 Å². The van der Waals surface area contributed by atoms with Crippen LogP contribution >= 0.6 is 0 Å². The van der Waals surface area contributed by atoms with Crippen molar-refractivity contribution in [2.45, 2.75) is 52.6 Å². The van der Waals surface area contributed by atoms with Gasteiger partial charge in [-0.25, -0.2) is 0 Å². The Morgan fingerprint density at radius 3 is 2.56 bits per heavy atom. The summed E-state index contributed by atoms with van der Waals surface area (Å²) in [6, 6.07) is 0. The van der Waals surface area contributed by atoms with Crippen LogP contribution in [-0.4, -0.2) is 17.0 Å². The summed E-state index contributed by atoms with van der Waals surface area (Å²) in [7, 11) is 0. The minimum Gasteiger partial charge on any atom is -0.393 e. The van der Waals surface area contributed by atoms with Gasteiger partial charge in [0.2, 0.25) is 0 Å². The van der Waals surface area contributed by atoms with E-state index in [4.69, 9.17) is 0 Å². The molecule has 16 heavy (non-hydrogen) atoms. The molecule has 0 aromatic carbocycles. The van der Waals surface area contributed by atoms with Crippen LogP contribution in [0.25, 0.3) is 0 Å². The van der Waals surface area contributed by atoms with Crippen LogP contribution in [0.4, 0.5) is 0 Å². The summed E-state index contributed by atoms with van der Waals surface area (Å²) in [5, 5.41) is 10.1. The van der Waals surface area contributed by atoms with Crippen molar-refractivity contribution in [3.8, 4) is 0 Å². The zero-order valence-corrected chi connectivity index (χ0v) is 10.5. The standard InChI is InChI=1S/C14H22O2/c1-9-10(15)5-6-11-13(2,3)12(16)7-8-14(9,11)4/h11-12,16H,1,5-8H2,2-4H3. The molecular formula is C14H22O2. The molecular weight excluding hydrogens is 200 g/mol. The van der Waals surface area contributed by atoms with Gasteiger partial charge in [0.1, 0.15) is 0 Å². The first-order chi connectivity index (χ1) is 7.30. The van der Waals surface area contributed by atoms with Crippen molar-refractivity contribution in [3.05, 3.63) is 12.2 Å².